The van der Waals surface area contributed by atoms with Gasteiger partial charge in [0.05, 0.1) is 12.7 Å². The van der Waals surface area contributed by atoms with E-state index in [0.717, 1.165) is 55.5 Å². The second-order valence-corrected chi connectivity index (χ2v) is 7.05. The molecule has 0 aromatic heterocycles. The first-order valence-corrected chi connectivity index (χ1v) is 8.58. The van der Waals surface area contributed by atoms with Crippen molar-refractivity contribution in [2.75, 3.05) is 19.7 Å². The minimum Gasteiger partial charge on any atom is -0.376 e. The van der Waals surface area contributed by atoms with Gasteiger partial charge in [-0.1, -0.05) is 12.1 Å². The third kappa shape index (κ3) is 2.57. The van der Waals surface area contributed by atoms with E-state index < -0.39 is 0 Å². The van der Waals surface area contributed by atoms with Gasteiger partial charge in [0.2, 0.25) is 0 Å². The normalized spacial score (nSPS) is 29.9. The first-order valence-electron chi connectivity index (χ1n) is 9.03. The van der Waals surface area contributed by atoms with Crippen LogP contribution in [0.25, 0.3) is 0 Å². The van der Waals surface area contributed by atoms with Gasteiger partial charge in [-0.05, 0) is 50.0 Å². The second-order valence-electron chi connectivity index (χ2n) is 7.05. The standard InChI is InChI=1S/C18H25N3O2/c1-12-16(18(11-23-12)5-7-19-8-6-18)20-9-13-3-2-4-14-15(13)10-21-17(14)22/h2-4,12,16,19-20H,5-11H2,1H3,(H,21,22)/i/hD. The molecule has 4 rings (SSSR count). The van der Waals surface area contributed by atoms with Crippen molar-refractivity contribution in [3.8, 4) is 0 Å². The number of fused-ring (bicyclic) bond motifs is 1. The Bertz CT molecular complexity index is 640. The van der Waals surface area contributed by atoms with Crippen molar-refractivity contribution in [1.82, 2.24) is 15.9 Å². The van der Waals surface area contributed by atoms with Gasteiger partial charge in [0.25, 0.3) is 5.91 Å². The molecule has 2 unspecified atom stereocenters. The van der Waals surface area contributed by atoms with Crippen molar-refractivity contribution in [2.45, 2.75) is 45.0 Å². The number of hydrogen-bond donors (Lipinski definition) is 3. The average Bonchev–Trinajstić information content (AvgIpc) is 3.05. The molecule has 1 spiro atoms. The fourth-order valence-electron chi connectivity index (χ4n) is 4.39. The molecule has 2 atom stereocenters. The van der Waals surface area contributed by atoms with Gasteiger partial charge in [-0.2, -0.15) is 0 Å². The topological polar surface area (TPSA) is 62.4 Å². The molecule has 124 valence electrons. The van der Waals surface area contributed by atoms with Crippen LogP contribution in [0.4, 0.5) is 0 Å². The fourth-order valence-corrected chi connectivity index (χ4v) is 4.39. The molecule has 3 aliphatic rings. The maximum Gasteiger partial charge on any atom is 0.251 e. The summed E-state index contributed by atoms with van der Waals surface area (Å²) in [6.45, 7) is 6.20. The summed E-state index contributed by atoms with van der Waals surface area (Å²) < 4.78 is 13.7. The van der Waals surface area contributed by atoms with Crippen molar-refractivity contribution in [2.24, 2.45) is 5.41 Å². The lowest BCUT2D eigenvalue weighted by molar-refractivity contribution is 0.0950. The van der Waals surface area contributed by atoms with Crippen molar-refractivity contribution in [3.63, 3.8) is 0 Å². The van der Waals surface area contributed by atoms with Gasteiger partial charge in [0, 0.05) is 30.1 Å². The Hall–Kier alpha value is -1.43. The van der Waals surface area contributed by atoms with Crippen LogP contribution in [-0.4, -0.2) is 37.7 Å². The minimum absolute atomic E-state index is 0.195. The van der Waals surface area contributed by atoms with Gasteiger partial charge in [-0.3, -0.25) is 4.79 Å². The zero-order valence-corrected chi connectivity index (χ0v) is 13.6. The number of rotatable bonds is 3. The second kappa shape index (κ2) is 5.89. The van der Waals surface area contributed by atoms with E-state index in [4.69, 9.17) is 6.15 Å². The monoisotopic (exact) mass is 316 g/mol. The molecule has 1 aromatic rings. The highest BCUT2D eigenvalue weighted by Gasteiger charge is 2.48. The van der Waals surface area contributed by atoms with E-state index >= 15 is 0 Å². The van der Waals surface area contributed by atoms with Crippen LogP contribution in [0.1, 0.15) is 41.3 Å². The summed E-state index contributed by atoms with van der Waals surface area (Å²) in [6.07, 6.45) is 2.48. The molecule has 0 saturated carbocycles. The fraction of sp³-hybridized carbons (Fsp3) is 0.611. The highest BCUT2D eigenvalue weighted by Crippen LogP contribution is 2.40. The zero-order valence-electron chi connectivity index (χ0n) is 14.6. The van der Waals surface area contributed by atoms with Gasteiger partial charge < -0.3 is 20.7 Å². The summed E-state index contributed by atoms with van der Waals surface area (Å²) in [5.41, 5.74) is 3.02. The maximum absolute atomic E-state index is 12.0. The molecule has 2 saturated heterocycles. The first kappa shape index (κ1) is 14.0. The molecule has 3 N–H and O–H groups in total. The summed E-state index contributed by atoms with van der Waals surface area (Å²) in [5.74, 6) is -0.195. The Kier molecular flexibility index (Phi) is 3.58. The minimum atomic E-state index is -0.195. The van der Waals surface area contributed by atoms with Crippen LogP contribution in [0.5, 0.6) is 0 Å². The predicted molar refractivity (Wildman–Crippen MR) is 88.2 cm³/mol. The number of amides is 1. The number of carbonyl (C=O) groups is 1. The highest BCUT2D eigenvalue weighted by molar-refractivity contribution is 5.98. The van der Waals surface area contributed by atoms with Crippen molar-refractivity contribution < 1.29 is 10.9 Å². The maximum atomic E-state index is 12.0. The number of piperidine rings is 1. The highest BCUT2D eigenvalue weighted by atomic mass is 16.5. The molecule has 0 bridgehead atoms. The molecule has 3 aliphatic heterocycles. The molecule has 5 nitrogen and oxygen atoms in total. The smallest absolute Gasteiger partial charge is 0.251 e. The number of nitrogens with one attached hydrogen (secondary N) is 3. The Balaban J connectivity index is 1.52. The van der Waals surface area contributed by atoms with E-state index in [-0.39, 0.29) is 17.4 Å². The van der Waals surface area contributed by atoms with E-state index in [2.05, 4.69) is 23.6 Å². The van der Waals surface area contributed by atoms with Crippen molar-refractivity contribution in [3.05, 3.63) is 34.9 Å². The van der Waals surface area contributed by atoms with Gasteiger partial charge in [0.15, 0.2) is 1.41 Å². The largest absolute Gasteiger partial charge is 0.376 e. The third-order valence-corrected chi connectivity index (χ3v) is 5.76. The molecule has 0 radical (unpaired) electrons. The van der Waals surface area contributed by atoms with Gasteiger partial charge in [0.1, 0.15) is 0 Å². The Morgan fingerprint density at radius 3 is 3.09 bits per heavy atom. The van der Waals surface area contributed by atoms with Gasteiger partial charge in [-0.25, -0.2) is 0 Å². The lowest BCUT2D eigenvalue weighted by Gasteiger charge is -2.39. The summed E-state index contributed by atoms with van der Waals surface area (Å²) >= 11 is 0. The van der Waals surface area contributed by atoms with E-state index in [0.29, 0.717) is 18.2 Å². The van der Waals surface area contributed by atoms with Crippen LogP contribution >= 0.6 is 0 Å². The average molecular weight is 316 g/mol. The first-order chi connectivity index (χ1) is 11.6. The Morgan fingerprint density at radius 2 is 2.26 bits per heavy atom. The summed E-state index contributed by atoms with van der Waals surface area (Å²) in [6, 6.07) is 6.14. The third-order valence-electron chi connectivity index (χ3n) is 5.76. The predicted octanol–water partition coefficient (Wildman–Crippen LogP) is 1.18. The quantitative estimate of drug-likeness (QED) is 0.783. The lowest BCUT2D eigenvalue weighted by atomic mass is 9.73. The Labute approximate surface area is 138 Å². The van der Waals surface area contributed by atoms with E-state index in [9.17, 15) is 4.79 Å². The van der Waals surface area contributed by atoms with Crippen LogP contribution in [-0.2, 0) is 17.8 Å². The summed E-state index contributed by atoms with van der Waals surface area (Å²) in [4.78, 5) is 12.0. The van der Waals surface area contributed by atoms with E-state index in [1.165, 1.54) is 0 Å². The van der Waals surface area contributed by atoms with Gasteiger partial charge >= 0.3 is 0 Å². The molecule has 2 fully saturated rings. The zero-order chi connectivity index (χ0) is 16.7. The van der Waals surface area contributed by atoms with Crippen molar-refractivity contribution in [1.29, 1.82) is 0 Å². The SMILES string of the molecule is [2H]N1Cc2c(CNC3C(C)OCC34CCNCC4)cccc2C1=O. The molecule has 5 heteroatoms. The summed E-state index contributed by atoms with van der Waals surface area (Å²) in [7, 11) is 0. The van der Waals surface area contributed by atoms with Crippen LogP contribution in [0.15, 0.2) is 18.2 Å². The number of ether oxygens (including phenoxy) is 1. The van der Waals surface area contributed by atoms with Crippen LogP contribution in [0.2, 0.25) is 1.41 Å². The number of hydrogen-bond acceptors (Lipinski definition) is 4. The van der Waals surface area contributed by atoms with E-state index in [1.807, 2.05) is 12.1 Å². The molecule has 3 heterocycles. The van der Waals surface area contributed by atoms with Crippen LogP contribution in [0.3, 0.4) is 0 Å². The van der Waals surface area contributed by atoms with E-state index in [1.54, 1.807) is 0 Å². The molecule has 0 aliphatic carbocycles. The molecular formula is C18H25N3O2. The molecule has 23 heavy (non-hydrogen) atoms. The van der Waals surface area contributed by atoms with Gasteiger partial charge in [-0.15, -0.1) is 0 Å². The lowest BCUT2D eigenvalue weighted by Crippen LogP contribution is -2.51. The number of benzene rings is 1. The van der Waals surface area contributed by atoms with Crippen LogP contribution in [0, 0.1) is 5.41 Å². The van der Waals surface area contributed by atoms with Crippen molar-refractivity contribution >= 4 is 5.91 Å². The molecule has 1 aromatic carbocycles. The molecule has 1 amide bonds. The van der Waals surface area contributed by atoms with Crippen LogP contribution < -0.4 is 15.9 Å². The molecular weight excluding hydrogens is 290 g/mol. The Morgan fingerprint density at radius 1 is 1.43 bits per heavy atom. The summed E-state index contributed by atoms with van der Waals surface area (Å²) in [5, 5.41) is 8.21. The number of carbonyl (C=O) groups excluding carboxylic acids is 1.